The number of aromatic nitrogens is 1. The second kappa shape index (κ2) is 5.55. The third-order valence-corrected chi connectivity index (χ3v) is 5.70. The number of nitrogens with zero attached hydrogens (tertiary/aromatic N) is 1. The summed E-state index contributed by atoms with van der Waals surface area (Å²) in [6.07, 6.45) is 5.23. The number of amides is 1. The molecule has 2 bridgehead atoms. The van der Waals surface area contributed by atoms with Gasteiger partial charge in [0.2, 0.25) is 5.91 Å². The van der Waals surface area contributed by atoms with Gasteiger partial charge in [-0.2, -0.15) is 0 Å². The molecule has 1 aromatic heterocycles. The summed E-state index contributed by atoms with van der Waals surface area (Å²) in [5.74, 6) is 1.64. The van der Waals surface area contributed by atoms with Crippen molar-refractivity contribution < 1.29 is 9.21 Å². The molecule has 1 N–H and O–H groups in total. The highest BCUT2D eigenvalue weighted by Gasteiger charge is 2.42. The van der Waals surface area contributed by atoms with Crippen LogP contribution in [0.4, 0.5) is 0 Å². The van der Waals surface area contributed by atoms with Crippen molar-refractivity contribution in [1.82, 2.24) is 9.88 Å². The first-order valence-electron chi connectivity index (χ1n) is 8.49. The molecule has 2 aliphatic rings. The lowest BCUT2D eigenvalue weighted by Crippen LogP contribution is -2.42. The van der Waals surface area contributed by atoms with Gasteiger partial charge in [-0.3, -0.25) is 9.36 Å². The minimum atomic E-state index is -0.478. The third kappa shape index (κ3) is 2.58. The molecule has 2 fully saturated rings. The molecule has 0 spiro atoms. The van der Waals surface area contributed by atoms with Gasteiger partial charge in [-0.05, 0) is 56.1 Å². The van der Waals surface area contributed by atoms with Crippen LogP contribution in [0.3, 0.4) is 0 Å². The molecular weight excluding hydrogens is 292 g/mol. The van der Waals surface area contributed by atoms with Crippen LogP contribution in [0.1, 0.15) is 32.6 Å². The molecule has 23 heavy (non-hydrogen) atoms. The molecule has 5 nitrogen and oxygen atoms in total. The predicted octanol–water partition coefficient (Wildman–Crippen LogP) is 2.54. The minimum absolute atomic E-state index is 0.0149. The zero-order valence-electron chi connectivity index (χ0n) is 13.3. The maximum Gasteiger partial charge on any atom is 0.420 e. The molecule has 0 aliphatic heterocycles. The van der Waals surface area contributed by atoms with E-state index in [0.717, 1.165) is 11.8 Å². The molecule has 2 aromatic rings. The number of benzene rings is 1. The lowest BCUT2D eigenvalue weighted by molar-refractivity contribution is -0.122. The fraction of sp³-hybridized carbons (Fsp3) is 0.556. The van der Waals surface area contributed by atoms with Crippen molar-refractivity contribution in [2.24, 2.45) is 17.8 Å². The molecule has 2 aliphatic carbocycles. The molecular formula is C18H22N2O3. The first-order chi connectivity index (χ1) is 11.1. The van der Waals surface area contributed by atoms with Gasteiger partial charge >= 0.3 is 5.76 Å². The number of nitrogens with one attached hydrogen (secondary N) is 1. The summed E-state index contributed by atoms with van der Waals surface area (Å²) < 4.78 is 6.57. The van der Waals surface area contributed by atoms with Gasteiger partial charge in [0.25, 0.3) is 0 Å². The summed E-state index contributed by atoms with van der Waals surface area (Å²) in [5.41, 5.74) is 1.19. The van der Waals surface area contributed by atoms with Gasteiger partial charge in [0.05, 0.1) is 5.52 Å². The SMILES string of the molecule is C[C@H](NC(=O)Cn1c(=O)oc2ccccc21)[C@H]1C[C@H]2CC[C@H]1C2. The van der Waals surface area contributed by atoms with Gasteiger partial charge in [0.15, 0.2) is 5.58 Å². The van der Waals surface area contributed by atoms with E-state index >= 15 is 0 Å². The Labute approximate surface area is 134 Å². The fourth-order valence-electron chi connectivity index (χ4n) is 4.62. The summed E-state index contributed by atoms with van der Waals surface area (Å²) in [4.78, 5) is 24.3. The Hall–Kier alpha value is -2.04. The van der Waals surface area contributed by atoms with E-state index in [2.05, 4.69) is 12.2 Å². The van der Waals surface area contributed by atoms with E-state index in [1.54, 1.807) is 12.1 Å². The lowest BCUT2D eigenvalue weighted by Gasteiger charge is -2.28. The number of oxazole rings is 1. The Morgan fingerprint density at radius 1 is 1.35 bits per heavy atom. The molecule has 1 heterocycles. The highest BCUT2D eigenvalue weighted by molar-refractivity contribution is 5.79. The molecule has 5 heteroatoms. The Bertz CT molecular complexity index is 791. The number of carbonyl (C=O) groups is 1. The van der Waals surface area contributed by atoms with E-state index in [9.17, 15) is 9.59 Å². The monoisotopic (exact) mass is 314 g/mol. The smallest absolute Gasteiger partial charge is 0.408 e. The third-order valence-electron chi connectivity index (χ3n) is 5.70. The van der Waals surface area contributed by atoms with Gasteiger partial charge in [0.1, 0.15) is 6.54 Å². The Morgan fingerprint density at radius 2 is 2.17 bits per heavy atom. The second-order valence-corrected chi connectivity index (χ2v) is 7.12. The molecule has 4 atom stereocenters. The van der Waals surface area contributed by atoms with Crippen molar-refractivity contribution >= 4 is 17.0 Å². The van der Waals surface area contributed by atoms with Crippen molar-refractivity contribution in [2.45, 2.75) is 45.2 Å². The number of fused-ring (bicyclic) bond motifs is 3. The summed E-state index contributed by atoms with van der Waals surface area (Å²) in [5, 5.41) is 3.10. The van der Waals surface area contributed by atoms with Crippen LogP contribution in [0.25, 0.3) is 11.1 Å². The summed E-state index contributed by atoms with van der Waals surface area (Å²) in [7, 11) is 0. The molecule has 1 amide bonds. The maximum absolute atomic E-state index is 12.4. The first-order valence-corrected chi connectivity index (χ1v) is 8.49. The summed E-state index contributed by atoms with van der Waals surface area (Å²) in [6.45, 7) is 2.11. The standard InChI is InChI=1S/C18H22N2O3/c1-11(14-9-12-6-7-13(14)8-12)19-17(21)10-20-15-4-2-3-5-16(15)23-18(20)22/h2-5,11-14H,6-10H2,1H3,(H,19,21)/t11-,12-,13-,14+/m0/s1. The maximum atomic E-state index is 12.4. The number of hydrogen-bond acceptors (Lipinski definition) is 3. The van der Waals surface area contributed by atoms with Crippen LogP contribution in [-0.4, -0.2) is 16.5 Å². The molecule has 0 radical (unpaired) electrons. The number of hydrogen-bond donors (Lipinski definition) is 1. The van der Waals surface area contributed by atoms with E-state index in [4.69, 9.17) is 4.42 Å². The largest absolute Gasteiger partial charge is 0.420 e. The fourth-order valence-corrected chi connectivity index (χ4v) is 4.62. The van der Waals surface area contributed by atoms with E-state index < -0.39 is 5.76 Å². The van der Waals surface area contributed by atoms with Crippen molar-refractivity contribution in [3.63, 3.8) is 0 Å². The Kier molecular flexibility index (Phi) is 3.51. The molecule has 4 rings (SSSR count). The van der Waals surface area contributed by atoms with E-state index in [0.29, 0.717) is 17.0 Å². The van der Waals surface area contributed by atoms with E-state index in [1.165, 1.54) is 30.3 Å². The van der Waals surface area contributed by atoms with Crippen molar-refractivity contribution in [3.05, 3.63) is 34.8 Å². The highest BCUT2D eigenvalue weighted by atomic mass is 16.4. The van der Waals surface area contributed by atoms with Crippen LogP contribution in [0.2, 0.25) is 0 Å². The predicted molar refractivity (Wildman–Crippen MR) is 87.0 cm³/mol. The molecule has 1 aromatic carbocycles. The van der Waals surface area contributed by atoms with Crippen LogP contribution in [-0.2, 0) is 11.3 Å². The van der Waals surface area contributed by atoms with E-state index in [-0.39, 0.29) is 18.5 Å². The van der Waals surface area contributed by atoms with Gasteiger partial charge in [-0.1, -0.05) is 18.6 Å². The number of rotatable bonds is 4. The van der Waals surface area contributed by atoms with E-state index in [1.807, 2.05) is 12.1 Å². The van der Waals surface area contributed by atoms with Crippen LogP contribution >= 0.6 is 0 Å². The lowest BCUT2D eigenvalue weighted by atomic mass is 9.84. The average molecular weight is 314 g/mol. The van der Waals surface area contributed by atoms with Gasteiger partial charge in [-0.25, -0.2) is 4.79 Å². The van der Waals surface area contributed by atoms with Gasteiger partial charge in [0, 0.05) is 6.04 Å². The number of carbonyl (C=O) groups excluding carboxylic acids is 1. The number of para-hydroxylation sites is 2. The normalized spacial score (nSPS) is 27.4. The second-order valence-electron chi connectivity index (χ2n) is 7.12. The van der Waals surface area contributed by atoms with Gasteiger partial charge in [-0.15, -0.1) is 0 Å². The molecule has 2 saturated carbocycles. The van der Waals surface area contributed by atoms with Gasteiger partial charge < -0.3 is 9.73 Å². The molecule has 0 saturated heterocycles. The van der Waals surface area contributed by atoms with Crippen LogP contribution in [0.15, 0.2) is 33.5 Å². The minimum Gasteiger partial charge on any atom is -0.408 e. The van der Waals surface area contributed by atoms with Crippen molar-refractivity contribution in [2.75, 3.05) is 0 Å². The average Bonchev–Trinajstić information content (AvgIpc) is 3.22. The van der Waals surface area contributed by atoms with Crippen molar-refractivity contribution in [3.8, 4) is 0 Å². The van der Waals surface area contributed by atoms with Crippen molar-refractivity contribution in [1.29, 1.82) is 0 Å². The molecule has 122 valence electrons. The first kappa shape index (κ1) is 14.5. The quantitative estimate of drug-likeness (QED) is 0.943. The summed E-state index contributed by atoms with van der Waals surface area (Å²) >= 11 is 0. The van der Waals surface area contributed by atoms with Crippen LogP contribution < -0.4 is 11.1 Å². The molecule has 0 unspecified atom stereocenters. The van der Waals surface area contributed by atoms with Crippen LogP contribution in [0, 0.1) is 17.8 Å². The zero-order valence-corrected chi connectivity index (χ0v) is 13.3. The Morgan fingerprint density at radius 3 is 2.91 bits per heavy atom. The highest BCUT2D eigenvalue weighted by Crippen LogP contribution is 2.49. The van der Waals surface area contributed by atoms with Crippen LogP contribution in [0.5, 0.6) is 0 Å². The Balaban J connectivity index is 1.45. The zero-order chi connectivity index (χ0) is 16.0. The summed E-state index contributed by atoms with van der Waals surface area (Å²) in [6, 6.07) is 7.36. The topological polar surface area (TPSA) is 64.2 Å².